The Morgan fingerprint density at radius 3 is 2.82 bits per heavy atom. The topological polar surface area (TPSA) is 108 Å². The first-order valence-corrected chi connectivity index (χ1v) is 7.43. The van der Waals surface area contributed by atoms with Gasteiger partial charge >= 0.3 is 0 Å². The van der Waals surface area contributed by atoms with Gasteiger partial charge in [0.15, 0.2) is 0 Å². The largest absolute Gasteiger partial charge is 0.354 e. The minimum atomic E-state index is -0.719. The summed E-state index contributed by atoms with van der Waals surface area (Å²) in [6.45, 7) is 0.655. The quantitative estimate of drug-likeness (QED) is 0.738. The molecule has 1 heterocycles. The SMILES string of the molecule is N#Cc1ccc(C[C@H](N)C(=O)NC2CCCCNC2=O)cc1. The minimum Gasteiger partial charge on any atom is -0.354 e. The van der Waals surface area contributed by atoms with Crippen molar-refractivity contribution in [2.24, 2.45) is 5.73 Å². The number of hydrogen-bond acceptors (Lipinski definition) is 4. The Bertz CT molecular complexity index is 577. The molecule has 1 saturated heterocycles. The molecule has 1 aliphatic rings. The number of rotatable bonds is 4. The summed E-state index contributed by atoms with van der Waals surface area (Å²) in [4.78, 5) is 23.9. The van der Waals surface area contributed by atoms with Crippen molar-refractivity contribution in [2.45, 2.75) is 37.8 Å². The van der Waals surface area contributed by atoms with E-state index in [4.69, 9.17) is 11.0 Å². The molecule has 0 aliphatic carbocycles. The fraction of sp³-hybridized carbons (Fsp3) is 0.438. The zero-order valence-electron chi connectivity index (χ0n) is 12.3. The standard InChI is InChI=1S/C16H20N4O2/c17-10-12-6-4-11(5-7-12)9-13(18)15(21)20-14-3-1-2-8-19-16(14)22/h4-7,13-14H,1-3,8-9,18H2,(H,19,22)(H,20,21)/t13-,14?/m0/s1. The lowest BCUT2D eigenvalue weighted by Gasteiger charge is -2.18. The maximum atomic E-state index is 12.1. The van der Waals surface area contributed by atoms with Crippen LogP contribution in [0.1, 0.15) is 30.4 Å². The molecular weight excluding hydrogens is 280 g/mol. The summed E-state index contributed by atoms with van der Waals surface area (Å²) in [7, 11) is 0. The van der Waals surface area contributed by atoms with E-state index in [0.29, 0.717) is 24.9 Å². The van der Waals surface area contributed by atoms with Gasteiger partial charge in [0.1, 0.15) is 6.04 Å². The van der Waals surface area contributed by atoms with E-state index in [1.165, 1.54) is 0 Å². The predicted molar refractivity (Wildman–Crippen MR) is 81.6 cm³/mol. The summed E-state index contributed by atoms with van der Waals surface area (Å²) < 4.78 is 0. The maximum absolute atomic E-state index is 12.1. The lowest BCUT2D eigenvalue weighted by atomic mass is 10.0. The summed E-state index contributed by atoms with van der Waals surface area (Å²) >= 11 is 0. The Balaban J connectivity index is 1.90. The van der Waals surface area contributed by atoms with Gasteiger partial charge in [-0.25, -0.2) is 0 Å². The van der Waals surface area contributed by atoms with Gasteiger partial charge in [-0.1, -0.05) is 12.1 Å². The molecular formula is C16H20N4O2. The van der Waals surface area contributed by atoms with E-state index in [9.17, 15) is 9.59 Å². The molecule has 1 unspecified atom stereocenters. The lowest BCUT2D eigenvalue weighted by Crippen LogP contribution is -2.51. The van der Waals surface area contributed by atoms with Gasteiger partial charge in [-0.15, -0.1) is 0 Å². The molecule has 0 bridgehead atoms. The molecule has 4 N–H and O–H groups in total. The van der Waals surface area contributed by atoms with E-state index in [0.717, 1.165) is 18.4 Å². The average molecular weight is 300 g/mol. The highest BCUT2D eigenvalue weighted by molar-refractivity contribution is 5.89. The van der Waals surface area contributed by atoms with Crippen LogP contribution in [-0.2, 0) is 16.0 Å². The first-order chi connectivity index (χ1) is 10.6. The zero-order chi connectivity index (χ0) is 15.9. The fourth-order valence-electron chi connectivity index (χ4n) is 2.42. The Labute approximate surface area is 129 Å². The van der Waals surface area contributed by atoms with Crippen molar-refractivity contribution in [3.8, 4) is 6.07 Å². The van der Waals surface area contributed by atoms with Crippen LogP contribution in [0.3, 0.4) is 0 Å². The number of carbonyl (C=O) groups is 2. The minimum absolute atomic E-state index is 0.142. The second kappa shape index (κ2) is 7.57. The summed E-state index contributed by atoms with van der Waals surface area (Å²) in [6.07, 6.45) is 2.83. The van der Waals surface area contributed by atoms with Crippen molar-refractivity contribution in [3.63, 3.8) is 0 Å². The molecule has 6 nitrogen and oxygen atoms in total. The second-order valence-corrected chi connectivity index (χ2v) is 5.47. The summed E-state index contributed by atoms with van der Waals surface area (Å²) in [5, 5.41) is 14.3. The number of nitrogens with two attached hydrogens (primary N) is 1. The van der Waals surface area contributed by atoms with Crippen LogP contribution in [-0.4, -0.2) is 30.4 Å². The molecule has 0 radical (unpaired) electrons. The van der Waals surface area contributed by atoms with Crippen molar-refractivity contribution in [1.29, 1.82) is 5.26 Å². The predicted octanol–water partition coefficient (Wildman–Crippen LogP) is 0.213. The van der Waals surface area contributed by atoms with Gasteiger partial charge in [0, 0.05) is 6.54 Å². The van der Waals surface area contributed by atoms with Crippen molar-refractivity contribution < 1.29 is 9.59 Å². The van der Waals surface area contributed by atoms with Gasteiger partial charge in [0.05, 0.1) is 17.7 Å². The smallest absolute Gasteiger partial charge is 0.242 e. The number of nitrogens with zero attached hydrogens (tertiary/aromatic N) is 1. The van der Waals surface area contributed by atoms with Crippen LogP contribution in [0.25, 0.3) is 0 Å². The van der Waals surface area contributed by atoms with Crippen LogP contribution in [0.5, 0.6) is 0 Å². The monoisotopic (exact) mass is 300 g/mol. The van der Waals surface area contributed by atoms with Gasteiger partial charge in [0.25, 0.3) is 0 Å². The number of amides is 2. The molecule has 2 rings (SSSR count). The van der Waals surface area contributed by atoms with Gasteiger partial charge in [-0.05, 0) is 43.4 Å². The van der Waals surface area contributed by atoms with Crippen LogP contribution in [0.4, 0.5) is 0 Å². The molecule has 116 valence electrons. The molecule has 6 heteroatoms. The van der Waals surface area contributed by atoms with Crippen LogP contribution in [0.2, 0.25) is 0 Å². The van der Waals surface area contributed by atoms with E-state index in [2.05, 4.69) is 10.6 Å². The Hall–Kier alpha value is -2.39. The van der Waals surface area contributed by atoms with E-state index >= 15 is 0 Å². The average Bonchev–Trinajstić information content (AvgIpc) is 2.73. The highest BCUT2D eigenvalue weighted by Gasteiger charge is 2.24. The molecule has 0 saturated carbocycles. The Kier molecular flexibility index (Phi) is 5.50. The number of hydrogen-bond donors (Lipinski definition) is 3. The first kappa shape index (κ1) is 16.0. The van der Waals surface area contributed by atoms with Gasteiger partial charge < -0.3 is 16.4 Å². The molecule has 0 spiro atoms. The fourth-order valence-corrected chi connectivity index (χ4v) is 2.42. The number of benzene rings is 1. The normalized spacial score (nSPS) is 19.5. The van der Waals surface area contributed by atoms with Crippen molar-refractivity contribution >= 4 is 11.8 Å². The van der Waals surface area contributed by atoms with E-state index in [1.54, 1.807) is 24.3 Å². The third kappa shape index (κ3) is 4.30. The molecule has 22 heavy (non-hydrogen) atoms. The van der Waals surface area contributed by atoms with Gasteiger partial charge in [-0.3, -0.25) is 9.59 Å². The second-order valence-electron chi connectivity index (χ2n) is 5.47. The third-order valence-corrected chi connectivity index (χ3v) is 3.73. The summed E-state index contributed by atoms with van der Waals surface area (Å²) in [5.41, 5.74) is 7.36. The van der Waals surface area contributed by atoms with Gasteiger partial charge in [0.2, 0.25) is 11.8 Å². The molecule has 2 amide bonds. The molecule has 2 atom stereocenters. The Morgan fingerprint density at radius 1 is 1.41 bits per heavy atom. The van der Waals surface area contributed by atoms with E-state index in [1.807, 2.05) is 6.07 Å². The van der Waals surface area contributed by atoms with Crippen molar-refractivity contribution in [3.05, 3.63) is 35.4 Å². The zero-order valence-corrected chi connectivity index (χ0v) is 12.3. The molecule has 0 aromatic heterocycles. The van der Waals surface area contributed by atoms with Crippen molar-refractivity contribution in [1.82, 2.24) is 10.6 Å². The summed E-state index contributed by atoms with van der Waals surface area (Å²) in [6, 6.07) is 7.77. The van der Waals surface area contributed by atoms with E-state index in [-0.39, 0.29) is 11.8 Å². The van der Waals surface area contributed by atoms with E-state index < -0.39 is 12.1 Å². The molecule has 1 aromatic rings. The number of nitriles is 1. The Morgan fingerprint density at radius 2 is 2.14 bits per heavy atom. The number of carbonyl (C=O) groups excluding carboxylic acids is 2. The van der Waals surface area contributed by atoms with Gasteiger partial charge in [-0.2, -0.15) is 5.26 Å². The highest BCUT2D eigenvalue weighted by atomic mass is 16.2. The lowest BCUT2D eigenvalue weighted by molar-refractivity contribution is -0.129. The maximum Gasteiger partial charge on any atom is 0.242 e. The molecule has 1 aliphatic heterocycles. The third-order valence-electron chi connectivity index (χ3n) is 3.73. The van der Waals surface area contributed by atoms with Crippen LogP contribution < -0.4 is 16.4 Å². The van der Waals surface area contributed by atoms with Crippen LogP contribution >= 0.6 is 0 Å². The summed E-state index contributed by atoms with van der Waals surface area (Å²) in [5.74, 6) is -0.470. The highest BCUT2D eigenvalue weighted by Crippen LogP contribution is 2.08. The van der Waals surface area contributed by atoms with Crippen LogP contribution in [0.15, 0.2) is 24.3 Å². The van der Waals surface area contributed by atoms with Crippen LogP contribution in [0, 0.1) is 11.3 Å². The number of nitrogens with one attached hydrogen (secondary N) is 2. The first-order valence-electron chi connectivity index (χ1n) is 7.43. The molecule has 1 fully saturated rings. The van der Waals surface area contributed by atoms with Crippen molar-refractivity contribution in [2.75, 3.05) is 6.54 Å². The molecule has 1 aromatic carbocycles.